The van der Waals surface area contributed by atoms with Gasteiger partial charge in [-0.3, -0.25) is 4.90 Å². The molecule has 1 unspecified atom stereocenters. The van der Waals surface area contributed by atoms with Crippen LogP contribution in [0.4, 0.5) is 10.5 Å². The third-order valence-corrected chi connectivity index (χ3v) is 6.20. The fourth-order valence-corrected chi connectivity index (χ4v) is 4.57. The average Bonchev–Trinajstić information content (AvgIpc) is 2.80. The van der Waals surface area contributed by atoms with Crippen molar-refractivity contribution in [2.45, 2.75) is 13.0 Å². The number of rotatable bonds is 6. The molecular formula is C24H27BrN4O3. The van der Waals surface area contributed by atoms with Crippen LogP contribution in [0, 0.1) is 0 Å². The molecule has 2 aliphatic heterocycles. The van der Waals surface area contributed by atoms with E-state index >= 15 is 0 Å². The summed E-state index contributed by atoms with van der Waals surface area (Å²) in [7, 11) is 0. The maximum absolute atomic E-state index is 13.0. The first kappa shape index (κ1) is 22.4. The van der Waals surface area contributed by atoms with Crippen LogP contribution in [0.2, 0.25) is 0 Å². The normalized spacial score (nSPS) is 19.4. The summed E-state index contributed by atoms with van der Waals surface area (Å²) in [6, 6.07) is 17.1. The predicted molar refractivity (Wildman–Crippen MR) is 127 cm³/mol. The molecule has 1 saturated heterocycles. The molecule has 1 atom stereocenters. The van der Waals surface area contributed by atoms with Gasteiger partial charge in [0.05, 0.1) is 18.2 Å². The summed E-state index contributed by atoms with van der Waals surface area (Å²) in [5.74, 6) is -0.414. The van der Waals surface area contributed by atoms with Gasteiger partial charge >= 0.3 is 12.0 Å². The quantitative estimate of drug-likeness (QED) is 0.596. The van der Waals surface area contributed by atoms with E-state index in [-0.39, 0.29) is 12.6 Å². The summed E-state index contributed by atoms with van der Waals surface area (Å²) in [6.07, 6.45) is 0. The number of carbonyl (C=O) groups is 2. The monoisotopic (exact) mass is 498 g/mol. The van der Waals surface area contributed by atoms with Crippen molar-refractivity contribution in [3.8, 4) is 0 Å². The summed E-state index contributed by atoms with van der Waals surface area (Å²) in [5.41, 5.74) is 3.09. The van der Waals surface area contributed by atoms with E-state index in [4.69, 9.17) is 4.74 Å². The van der Waals surface area contributed by atoms with Crippen molar-refractivity contribution in [1.82, 2.24) is 15.5 Å². The van der Waals surface area contributed by atoms with E-state index in [9.17, 15) is 9.59 Å². The second-order valence-electron chi connectivity index (χ2n) is 7.80. The third-order valence-electron chi connectivity index (χ3n) is 5.71. The molecule has 0 aliphatic carbocycles. The number of nitrogens with zero attached hydrogens (tertiary/aromatic N) is 2. The molecule has 2 heterocycles. The number of esters is 1. The highest BCUT2D eigenvalue weighted by atomic mass is 79.9. The van der Waals surface area contributed by atoms with E-state index in [1.165, 1.54) is 5.69 Å². The summed E-state index contributed by atoms with van der Waals surface area (Å²) < 4.78 is 6.25. The number of amides is 2. The number of hydrogen-bond acceptors (Lipinski definition) is 5. The number of hydrogen-bond donors (Lipinski definition) is 2. The standard InChI is InChI=1S/C24H27BrN4O3/c1-2-32-23(30)21-20(26-24(31)27-22(21)17-7-6-8-18(25)15-17)16-28-11-13-29(14-12-28)19-9-4-3-5-10-19/h3-10,15,22H,2,11-14,16H2,1H3,(H2,26,27,31). The van der Waals surface area contributed by atoms with Gasteiger partial charge in [0.25, 0.3) is 0 Å². The second kappa shape index (κ2) is 10.2. The third kappa shape index (κ3) is 5.14. The molecule has 2 amide bonds. The largest absolute Gasteiger partial charge is 0.463 e. The summed E-state index contributed by atoms with van der Waals surface area (Å²) in [5, 5.41) is 5.76. The average molecular weight is 499 g/mol. The van der Waals surface area contributed by atoms with Crippen molar-refractivity contribution >= 4 is 33.6 Å². The molecule has 2 aliphatic rings. The molecule has 4 rings (SSSR count). The Balaban J connectivity index is 1.56. The van der Waals surface area contributed by atoms with Crippen LogP contribution in [0.1, 0.15) is 18.5 Å². The van der Waals surface area contributed by atoms with Gasteiger partial charge in [0.15, 0.2) is 0 Å². The maximum atomic E-state index is 13.0. The van der Waals surface area contributed by atoms with Gasteiger partial charge in [-0.05, 0) is 36.8 Å². The van der Waals surface area contributed by atoms with Gasteiger partial charge in [0, 0.05) is 48.6 Å². The number of piperazine rings is 1. The van der Waals surface area contributed by atoms with Crippen molar-refractivity contribution in [3.63, 3.8) is 0 Å². The van der Waals surface area contributed by atoms with Crippen LogP contribution in [-0.2, 0) is 9.53 Å². The zero-order chi connectivity index (χ0) is 22.5. The molecule has 0 aromatic heterocycles. The predicted octanol–water partition coefficient (Wildman–Crippen LogP) is 3.44. The van der Waals surface area contributed by atoms with Crippen LogP contribution in [0.3, 0.4) is 0 Å². The van der Waals surface area contributed by atoms with Gasteiger partial charge in [-0.1, -0.05) is 46.3 Å². The second-order valence-corrected chi connectivity index (χ2v) is 8.71. The Hall–Kier alpha value is -2.84. The van der Waals surface area contributed by atoms with E-state index in [0.29, 0.717) is 17.8 Å². The number of carbonyl (C=O) groups excluding carboxylic acids is 2. The highest BCUT2D eigenvalue weighted by molar-refractivity contribution is 9.10. The van der Waals surface area contributed by atoms with Crippen LogP contribution < -0.4 is 15.5 Å². The van der Waals surface area contributed by atoms with E-state index in [1.54, 1.807) is 6.92 Å². The molecule has 8 heteroatoms. The van der Waals surface area contributed by atoms with Gasteiger partial charge in [0.2, 0.25) is 0 Å². The van der Waals surface area contributed by atoms with Crippen LogP contribution in [0.5, 0.6) is 0 Å². The SMILES string of the molecule is CCOC(=O)C1=C(CN2CCN(c3ccccc3)CC2)NC(=O)NC1c1cccc(Br)c1. The number of anilines is 1. The van der Waals surface area contributed by atoms with Crippen molar-refractivity contribution in [2.75, 3.05) is 44.2 Å². The molecule has 0 radical (unpaired) electrons. The van der Waals surface area contributed by atoms with E-state index in [2.05, 4.69) is 48.5 Å². The molecular weight excluding hydrogens is 472 g/mol. The zero-order valence-corrected chi connectivity index (χ0v) is 19.6. The Morgan fingerprint density at radius 3 is 2.53 bits per heavy atom. The summed E-state index contributed by atoms with van der Waals surface area (Å²) in [4.78, 5) is 30.1. The lowest BCUT2D eigenvalue weighted by Gasteiger charge is -2.38. The van der Waals surface area contributed by atoms with Crippen molar-refractivity contribution in [3.05, 3.63) is 75.9 Å². The lowest BCUT2D eigenvalue weighted by Crippen LogP contribution is -2.51. The summed E-state index contributed by atoms with van der Waals surface area (Å²) in [6.45, 7) is 5.96. The Kier molecular flexibility index (Phi) is 7.12. The van der Waals surface area contributed by atoms with E-state index < -0.39 is 12.0 Å². The number of para-hydroxylation sites is 1. The van der Waals surface area contributed by atoms with Crippen LogP contribution in [0.15, 0.2) is 70.3 Å². The maximum Gasteiger partial charge on any atom is 0.338 e. The zero-order valence-electron chi connectivity index (χ0n) is 18.0. The number of ether oxygens (including phenoxy) is 1. The molecule has 1 fully saturated rings. The van der Waals surface area contributed by atoms with Crippen molar-refractivity contribution < 1.29 is 14.3 Å². The summed E-state index contributed by atoms with van der Waals surface area (Å²) >= 11 is 3.48. The smallest absolute Gasteiger partial charge is 0.338 e. The van der Waals surface area contributed by atoms with Gasteiger partial charge in [-0.25, -0.2) is 9.59 Å². The van der Waals surface area contributed by atoms with Crippen LogP contribution >= 0.6 is 15.9 Å². The first-order valence-electron chi connectivity index (χ1n) is 10.8. The fraction of sp³-hybridized carbons (Fsp3) is 0.333. The van der Waals surface area contributed by atoms with Crippen molar-refractivity contribution in [2.24, 2.45) is 0 Å². The van der Waals surface area contributed by atoms with Crippen molar-refractivity contribution in [1.29, 1.82) is 0 Å². The number of benzene rings is 2. The van der Waals surface area contributed by atoms with Gasteiger partial charge < -0.3 is 20.3 Å². The first-order valence-corrected chi connectivity index (χ1v) is 11.6. The minimum atomic E-state index is -0.569. The van der Waals surface area contributed by atoms with Crippen LogP contribution in [0.25, 0.3) is 0 Å². The molecule has 168 valence electrons. The molecule has 0 spiro atoms. The molecule has 0 bridgehead atoms. The number of nitrogens with one attached hydrogen (secondary N) is 2. The van der Waals surface area contributed by atoms with E-state index in [0.717, 1.165) is 36.2 Å². The minimum absolute atomic E-state index is 0.268. The van der Waals surface area contributed by atoms with E-state index in [1.807, 2.05) is 42.5 Å². The molecule has 7 nitrogen and oxygen atoms in total. The lowest BCUT2D eigenvalue weighted by atomic mass is 9.95. The van der Waals surface area contributed by atoms with Crippen LogP contribution in [-0.4, -0.2) is 56.2 Å². The van der Waals surface area contributed by atoms with Gasteiger partial charge in [-0.2, -0.15) is 0 Å². The van der Waals surface area contributed by atoms with Gasteiger partial charge in [0.1, 0.15) is 0 Å². The Morgan fingerprint density at radius 1 is 1.09 bits per heavy atom. The Bertz CT molecular complexity index is 1000. The molecule has 32 heavy (non-hydrogen) atoms. The minimum Gasteiger partial charge on any atom is -0.463 e. The molecule has 2 aromatic rings. The fourth-order valence-electron chi connectivity index (χ4n) is 4.16. The topological polar surface area (TPSA) is 73.9 Å². The number of urea groups is 1. The number of halogens is 1. The lowest BCUT2D eigenvalue weighted by molar-refractivity contribution is -0.139. The Labute approximate surface area is 196 Å². The highest BCUT2D eigenvalue weighted by Gasteiger charge is 2.34. The Morgan fingerprint density at radius 2 is 1.84 bits per heavy atom. The first-order chi connectivity index (χ1) is 15.5. The molecule has 2 N–H and O–H groups in total. The highest BCUT2D eigenvalue weighted by Crippen LogP contribution is 2.30. The molecule has 2 aromatic carbocycles. The van der Waals surface area contributed by atoms with Gasteiger partial charge in [-0.15, -0.1) is 0 Å². The molecule has 0 saturated carbocycles.